The van der Waals surface area contributed by atoms with Crippen molar-refractivity contribution < 1.29 is 0 Å². The first-order chi connectivity index (χ1) is 29.7. The van der Waals surface area contributed by atoms with Crippen LogP contribution in [0.2, 0.25) is 0 Å². The zero-order valence-corrected chi connectivity index (χ0v) is 33.7. The minimum atomic E-state index is -0.414. The maximum absolute atomic E-state index is 2.58. The topological polar surface area (TPSA) is 3.24 Å². The molecule has 8 aromatic carbocycles. The van der Waals surface area contributed by atoms with Crippen LogP contribution in [0.4, 0.5) is 17.1 Å². The first-order valence-corrected chi connectivity index (χ1v) is 22.4. The van der Waals surface area contributed by atoms with Crippen molar-refractivity contribution in [2.75, 3.05) is 4.90 Å². The van der Waals surface area contributed by atoms with Crippen molar-refractivity contribution in [3.05, 3.63) is 221 Å². The van der Waals surface area contributed by atoms with Crippen LogP contribution in [0.3, 0.4) is 0 Å². The molecule has 286 valence electrons. The van der Waals surface area contributed by atoms with Gasteiger partial charge in [0, 0.05) is 22.4 Å². The first kappa shape index (κ1) is 33.4. The summed E-state index contributed by atoms with van der Waals surface area (Å²) in [5, 5.41) is 0. The Bertz CT molecular complexity index is 2990. The van der Waals surface area contributed by atoms with Gasteiger partial charge in [0.05, 0.1) is 11.1 Å². The number of para-hydroxylation sites is 1. The van der Waals surface area contributed by atoms with Crippen LogP contribution in [0, 0.1) is 23.7 Å². The monoisotopic (exact) mass is 767 g/mol. The number of hydrogen-bond donors (Lipinski definition) is 0. The molecule has 60 heavy (non-hydrogen) atoms. The highest BCUT2D eigenvalue weighted by atomic mass is 15.1. The second-order valence-corrected chi connectivity index (χ2v) is 18.8. The summed E-state index contributed by atoms with van der Waals surface area (Å²) in [7, 11) is 0. The Kier molecular flexibility index (Phi) is 6.72. The largest absolute Gasteiger partial charge is 0.310 e. The van der Waals surface area contributed by atoms with Gasteiger partial charge in [0.1, 0.15) is 0 Å². The zero-order chi connectivity index (χ0) is 39.2. The Balaban J connectivity index is 1.03. The zero-order valence-electron chi connectivity index (χ0n) is 33.7. The molecule has 0 atom stereocenters. The maximum Gasteiger partial charge on any atom is 0.0726 e. The Morgan fingerprint density at radius 1 is 0.333 bits per heavy atom. The van der Waals surface area contributed by atoms with Gasteiger partial charge >= 0.3 is 0 Å². The number of hydrogen-bond acceptors (Lipinski definition) is 1. The molecule has 1 nitrogen and oxygen atoms in total. The van der Waals surface area contributed by atoms with E-state index in [2.05, 4.69) is 193 Å². The molecule has 4 fully saturated rings. The van der Waals surface area contributed by atoms with E-state index in [1.165, 1.54) is 116 Å². The van der Waals surface area contributed by atoms with Crippen molar-refractivity contribution >= 4 is 17.1 Å². The third kappa shape index (κ3) is 4.13. The summed E-state index contributed by atoms with van der Waals surface area (Å²) in [5.74, 6) is 3.32. The Morgan fingerprint density at radius 2 is 0.783 bits per heavy atom. The van der Waals surface area contributed by atoms with Crippen LogP contribution in [-0.4, -0.2) is 0 Å². The molecule has 2 spiro atoms. The van der Waals surface area contributed by atoms with Gasteiger partial charge < -0.3 is 4.90 Å². The average Bonchev–Trinajstić information content (AvgIpc) is 3.88. The third-order valence-electron chi connectivity index (χ3n) is 16.3. The quantitative estimate of drug-likeness (QED) is 0.172. The van der Waals surface area contributed by atoms with Crippen LogP contribution < -0.4 is 4.90 Å². The molecule has 15 rings (SSSR count). The highest BCUT2D eigenvalue weighted by molar-refractivity contribution is 5.98. The molecule has 0 saturated heterocycles. The van der Waals surface area contributed by atoms with Gasteiger partial charge in [0.25, 0.3) is 0 Å². The van der Waals surface area contributed by atoms with E-state index in [1.807, 2.05) is 0 Å². The summed E-state index contributed by atoms with van der Waals surface area (Å²) in [4.78, 5) is 2.58. The van der Waals surface area contributed by atoms with Crippen LogP contribution in [0.25, 0.3) is 44.5 Å². The molecular formula is C59H45N. The number of benzene rings is 8. The minimum absolute atomic E-state index is 0.139. The van der Waals surface area contributed by atoms with Gasteiger partial charge in [0.2, 0.25) is 0 Å². The number of anilines is 3. The summed E-state index contributed by atoms with van der Waals surface area (Å²) >= 11 is 0. The molecule has 4 bridgehead atoms. The van der Waals surface area contributed by atoms with E-state index in [1.54, 1.807) is 11.1 Å². The molecule has 7 aliphatic carbocycles. The predicted octanol–water partition coefficient (Wildman–Crippen LogP) is 14.9. The molecule has 7 aliphatic rings. The second kappa shape index (κ2) is 12.1. The molecule has 0 amide bonds. The van der Waals surface area contributed by atoms with Gasteiger partial charge in [-0.15, -0.1) is 0 Å². The van der Waals surface area contributed by atoms with Gasteiger partial charge in [-0.3, -0.25) is 0 Å². The van der Waals surface area contributed by atoms with E-state index >= 15 is 0 Å². The van der Waals surface area contributed by atoms with Gasteiger partial charge in [-0.25, -0.2) is 0 Å². The van der Waals surface area contributed by atoms with Gasteiger partial charge in [-0.05, 0) is 158 Å². The standard InChI is InChI=1S/C59H45N/c1-2-14-39(15-3-1)44-16-8-13-25-57(44)60(42-27-29-55-50(35-42)48-20-7-9-21-51(48)58(55)40-31-37-30-38(33-40)34-41(58)32-37)43-26-28-49-47-19-6-12-24-54(47)59(56(49)36-43)52-22-10-4-17-45(52)46-18-5-11-23-53(46)59/h1-29,35-38,40-41H,30-34H2. The van der Waals surface area contributed by atoms with E-state index < -0.39 is 5.41 Å². The van der Waals surface area contributed by atoms with E-state index in [4.69, 9.17) is 0 Å². The lowest BCUT2D eigenvalue weighted by molar-refractivity contribution is -0.0399. The van der Waals surface area contributed by atoms with Crippen molar-refractivity contribution in [2.45, 2.75) is 42.9 Å². The molecule has 1 heteroatoms. The van der Waals surface area contributed by atoms with Gasteiger partial charge in [-0.1, -0.05) is 158 Å². The molecule has 0 heterocycles. The summed E-state index contributed by atoms with van der Waals surface area (Å²) in [5.41, 5.74) is 22.7. The minimum Gasteiger partial charge on any atom is -0.310 e. The predicted molar refractivity (Wildman–Crippen MR) is 246 cm³/mol. The normalized spacial score (nSPS) is 23.5. The first-order valence-electron chi connectivity index (χ1n) is 22.4. The van der Waals surface area contributed by atoms with Crippen LogP contribution in [0.5, 0.6) is 0 Å². The molecular weight excluding hydrogens is 723 g/mol. The number of nitrogens with zero attached hydrogens (tertiary/aromatic N) is 1. The highest BCUT2D eigenvalue weighted by Gasteiger charge is 2.61. The number of rotatable bonds is 4. The number of fused-ring (bicyclic) bond motifs is 13. The van der Waals surface area contributed by atoms with Crippen LogP contribution in [0.15, 0.2) is 188 Å². The van der Waals surface area contributed by atoms with Crippen molar-refractivity contribution in [1.82, 2.24) is 0 Å². The summed E-state index contributed by atoms with van der Waals surface area (Å²) in [6.07, 6.45) is 7.04. The van der Waals surface area contributed by atoms with Crippen molar-refractivity contribution in [3.63, 3.8) is 0 Å². The smallest absolute Gasteiger partial charge is 0.0726 e. The van der Waals surface area contributed by atoms with E-state index in [0.717, 1.165) is 23.7 Å². The average molecular weight is 768 g/mol. The fourth-order valence-corrected chi connectivity index (χ4v) is 14.5. The molecule has 4 saturated carbocycles. The molecule has 0 N–H and O–H groups in total. The summed E-state index contributed by atoms with van der Waals surface area (Å²) in [6, 6.07) is 72.0. The van der Waals surface area contributed by atoms with Gasteiger partial charge in [-0.2, -0.15) is 0 Å². The molecule has 0 radical (unpaired) electrons. The lowest BCUT2D eigenvalue weighted by Gasteiger charge is -2.61. The fraction of sp³-hybridized carbons (Fsp3) is 0.186. The lowest BCUT2D eigenvalue weighted by Crippen LogP contribution is -2.55. The summed E-state index contributed by atoms with van der Waals surface area (Å²) < 4.78 is 0. The Labute approximate surface area is 353 Å². The SMILES string of the molecule is c1ccc(-c2ccccc2N(c2ccc3c(c2)-c2ccccc2C32C3CC4CC(C3)CC2C4)c2ccc3c(c2)C2(c4ccccc4-c4ccccc42)c2ccccc2-3)cc1. The summed E-state index contributed by atoms with van der Waals surface area (Å²) in [6.45, 7) is 0. The Hall–Kier alpha value is -6.44. The van der Waals surface area contributed by atoms with Crippen LogP contribution >= 0.6 is 0 Å². The van der Waals surface area contributed by atoms with Crippen molar-refractivity contribution in [2.24, 2.45) is 23.7 Å². The lowest BCUT2D eigenvalue weighted by atomic mass is 9.43. The second-order valence-electron chi connectivity index (χ2n) is 18.8. The maximum atomic E-state index is 2.58. The van der Waals surface area contributed by atoms with Crippen molar-refractivity contribution in [1.29, 1.82) is 0 Å². The van der Waals surface area contributed by atoms with Crippen LogP contribution in [0.1, 0.15) is 65.5 Å². The van der Waals surface area contributed by atoms with E-state index in [0.29, 0.717) is 0 Å². The molecule has 8 aromatic rings. The third-order valence-corrected chi connectivity index (χ3v) is 16.3. The fourth-order valence-electron chi connectivity index (χ4n) is 14.5. The van der Waals surface area contributed by atoms with E-state index in [9.17, 15) is 0 Å². The Morgan fingerprint density at radius 3 is 1.40 bits per heavy atom. The van der Waals surface area contributed by atoms with Gasteiger partial charge in [0.15, 0.2) is 0 Å². The van der Waals surface area contributed by atoms with Crippen LogP contribution in [-0.2, 0) is 10.8 Å². The highest BCUT2D eigenvalue weighted by Crippen LogP contribution is 2.70. The molecule has 0 unspecified atom stereocenters. The molecule has 0 aliphatic heterocycles. The van der Waals surface area contributed by atoms with Crippen molar-refractivity contribution in [3.8, 4) is 44.5 Å². The molecule has 0 aromatic heterocycles. The van der Waals surface area contributed by atoms with E-state index in [-0.39, 0.29) is 5.41 Å².